The van der Waals surface area contributed by atoms with Gasteiger partial charge in [0, 0.05) is 0 Å². The highest BCUT2D eigenvalue weighted by molar-refractivity contribution is 7.86. The molecule has 8 nitrogen and oxygen atoms in total. The zero-order valence-electron chi connectivity index (χ0n) is 10.1. The van der Waals surface area contributed by atoms with Gasteiger partial charge in [-0.2, -0.15) is 0 Å². The second-order valence-electron chi connectivity index (χ2n) is 4.08. The largest absolute Gasteiger partial charge is 0.744 e. The molecule has 0 saturated heterocycles. The van der Waals surface area contributed by atoms with Crippen LogP contribution in [0.25, 0.3) is 10.8 Å². The fourth-order valence-corrected chi connectivity index (χ4v) is 3.84. The highest BCUT2D eigenvalue weighted by Crippen LogP contribution is 2.46. The Kier molecular flexibility index (Phi) is 3.97. The van der Waals surface area contributed by atoms with Gasteiger partial charge in [0.2, 0.25) is 0 Å². The smallest absolute Gasteiger partial charge is 0.147 e. The molecule has 2 N–H and O–H groups in total. The summed E-state index contributed by atoms with van der Waals surface area (Å²) in [4.78, 5) is -2.09. The SMILES string of the molecule is O=S(=O)([O-])c1cc2cc(S(=O)(=O)[O-])c(Cl)c(O)c2c(O)c1Cl. The van der Waals surface area contributed by atoms with Crippen molar-refractivity contribution in [3.63, 3.8) is 0 Å². The lowest BCUT2D eigenvalue weighted by Crippen LogP contribution is -2.02. The summed E-state index contributed by atoms with van der Waals surface area (Å²) in [7, 11) is -10.2. The van der Waals surface area contributed by atoms with Gasteiger partial charge in [-0.05, 0) is 17.5 Å². The van der Waals surface area contributed by atoms with Crippen LogP contribution in [0.2, 0.25) is 10.0 Å². The van der Waals surface area contributed by atoms with Gasteiger partial charge in [0.25, 0.3) is 0 Å². The van der Waals surface area contributed by atoms with Crippen molar-refractivity contribution in [3.05, 3.63) is 22.2 Å². The Morgan fingerprint density at radius 1 is 0.818 bits per heavy atom. The minimum Gasteiger partial charge on any atom is -0.744 e. The maximum Gasteiger partial charge on any atom is 0.147 e. The Hall–Kier alpha value is -1.30. The number of hydrogen-bond donors (Lipinski definition) is 2. The molecule has 0 unspecified atom stereocenters. The van der Waals surface area contributed by atoms with Crippen molar-refractivity contribution in [1.29, 1.82) is 0 Å². The molecule has 0 saturated carbocycles. The molecule has 0 spiro atoms. The Balaban J connectivity index is 3.11. The minimum atomic E-state index is -5.10. The number of benzene rings is 2. The van der Waals surface area contributed by atoms with Gasteiger partial charge in [0.15, 0.2) is 0 Å². The molecule has 0 aliphatic rings. The van der Waals surface area contributed by atoms with E-state index in [0.29, 0.717) is 12.1 Å². The van der Waals surface area contributed by atoms with E-state index in [0.717, 1.165) is 0 Å². The van der Waals surface area contributed by atoms with Gasteiger partial charge in [-0.25, -0.2) is 16.8 Å². The fraction of sp³-hybridized carbons (Fsp3) is 0. The summed E-state index contributed by atoms with van der Waals surface area (Å²) in [6.07, 6.45) is 0. The summed E-state index contributed by atoms with van der Waals surface area (Å²) in [6, 6.07) is 1.23. The van der Waals surface area contributed by atoms with Crippen molar-refractivity contribution in [3.8, 4) is 11.5 Å². The first kappa shape index (κ1) is 17.1. The summed E-state index contributed by atoms with van der Waals surface area (Å²) >= 11 is 11.1. The topological polar surface area (TPSA) is 155 Å². The number of halogens is 2. The first-order valence-electron chi connectivity index (χ1n) is 5.14. The second-order valence-corrected chi connectivity index (χ2v) is 7.53. The standard InChI is InChI=1S/C10H6Cl2O8S2/c11-7-4(21(15,16)17)1-3-2-5(22(18,19)20)8(12)10(14)6(3)9(7)13/h1-2,13-14H,(H,15,16,17)(H,18,19,20)/p-2. The lowest BCUT2D eigenvalue weighted by Gasteiger charge is -2.16. The van der Waals surface area contributed by atoms with Gasteiger partial charge in [-0.3, -0.25) is 0 Å². The fourth-order valence-electron chi connectivity index (χ4n) is 1.80. The molecule has 0 atom stereocenters. The lowest BCUT2D eigenvalue weighted by atomic mass is 10.1. The van der Waals surface area contributed by atoms with Gasteiger partial charge in [-0.1, -0.05) is 23.2 Å². The van der Waals surface area contributed by atoms with E-state index < -0.39 is 62.3 Å². The van der Waals surface area contributed by atoms with Crippen molar-refractivity contribution in [1.82, 2.24) is 0 Å². The first-order valence-corrected chi connectivity index (χ1v) is 8.71. The van der Waals surface area contributed by atoms with Crippen LogP contribution in [0.1, 0.15) is 0 Å². The minimum absolute atomic E-state index is 0.423. The Labute approximate surface area is 134 Å². The van der Waals surface area contributed by atoms with Crippen LogP contribution in [0.4, 0.5) is 0 Å². The van der Waals surface area contributed by atoms with E-state index in [9.17, 15) is 36.2 Å². The summed E-state index contributed by atoms with van der Waals surface area (Å²) in [5.74, 6) is -1.99. The molecular formula is C10H4Cl2O8S2-2. The van der Waals surface area contributed by atoms with Crippen molar-refractivity contribution >= 4 is 54.2 Å². The predicted molar refractivity (Wildman–Crippen MR) is 73.2 cm³/mol. The first-order chi connectivity index (χ1) is 9.85. The van der Waals surface area contributed by atoms with Gasteiger partial charge >= 0.3 is 0 Å². The normalized spacial score (nSPS) is 12.7. The number of hydrogen-bond acceptors (Lipinski definition) is 8. The maximum absolute atomic E-state index is 11.1. The molecule has 22 heavy (non-hydrogen) atoms. The highest BCUT2D eigenvalue weighted by Gasteiger charge is 2.22. The quantitative estimate of drug-likeness (QED) is 0.732. The monoisotopic (exact) mass is 386 g/mol. The summed E-state index contributed by atoms with van der Waals surface area (Å²) in [5.41, 5.74) is 0. The molecule has 0 radical (unpaired) electrons. The molecule has 120 valence electrons. The van der Waals surface area contributed by atoms with Crippen LogP contribution in [0.5, 0.6) is 11.5 Å². The van der Waals surface area contributed by atoms with E-state index in [4.69, 9.17) is 23.2 Å². The summed E-state index contributed by atoms with van der Waals surface area (Å²) in [6.45, 7) is 0. The number of phenols is 2. The van der Waals surface area contributed by atoms with Crippen molar-refractivity contribution < 1.29 is 36.2 Å². The second kappa shape index (κ2) is 5.11. The van der Waals surface area contributed by atoms with Gasteiger partial charge in [0.05, 0.1) is 15.2 Å². The molecule has 2 aromatic rings. The van der Waals surface area contributed by atoms with Gasteiger partial charge in [-0.15, -0.1) is 0 Å². The van der Waals surface area contributed by atoms with E-state index in [-0.39, 0.29) is 0 Å². The zero-order valence-corrected chi connectivity index (χ0v) is 13.2. The van der Waals surface area contributed by atoms with E-state index in [2.05, 4.69) is 0 Å². The Morgan fingerprint density at radius 3 is 1.41 bits per heavy atom. The van der Waals surface area contributed by atoms with E-state index in [1.807, 2.05) is 0 Å². The third-order valence-electron chi connectivity index (χ3n) is 2.72. The van der Waals surface area contributed by atoms with Gasteiger partial charge < -0.3 is 19.3 Å². The highest BCUT2D eigenvalue weighted by atomic mass is 35.5. The molecule has 0 bridgehead atoms. The molecule has 12 heteroatoms. The summed E-state index contributed by atoms with van der Waals surface area (Å²) < 4.78 is 66.4. The molecule has 0 heterocycles. The molecule has 0 aliphatic heterocycles. The molecule has 2 rings (SSSR count). The molecule has 0 aromatic heterocycles. The van der Waals surface area contributed by atoms with Crippen LogP contribution < -0.4 is 0 Å². The maximum atomic E-state index is 11.1. The lowest BCUT2D eigenvalue weighted by molar-refractivity contribution is 0.451. The average Bonchev–Trinajstić information content (AvgIpc) is 2.34. The molecular weight excluding hydrogens is 383 g/mol. The number of rotatable bonds is 2. The van der Waals surface area contributed by atoms with E-state index in [1.165, 1.54) is 0 Å². The third-order valence-corrected chi connectivity index (χ3v) is 5.43. The predicted octanol–water partition coefficient (Wildman–Crippen LogP) is 1.37. The average molecular weight is 387 g/mol. The zero-order chi connectivity index (χ0) is 17.0. The van der Waals surface area contributed by atoms with Crippen molar-refractivity contribution in [2.45, 2.75) is 9.79 Å². The van der Waals surface area contributed by atoms with E-state index >= 15 is 0 Å². The molecule has 0 aliphatic carbocycles. The van der Waals surface area contributed by atoms with Crippen molar-refractivity contribution in [2.75, 3.05) is 0 Å². The van der Waals surface area contributed by atoms with Crippen LogP contribution in [-0.4, -0.2) is 36.2 Å². The molecule has 0 fully saturated rings. The van der Waals surface area contributed by atoms with Crippen molar-refractivity contribution in [2.24, 2.45) is 0 Å². The van der Waals surface area contributed by atoms with Crippen LogP contribution in [0.15, 0.2) is 21.9 Å². The van der Waals surface area contributed by atoms with Crippen LogP contribution in [-0.2, 0) is 20.2 Å². The number of aromatic hydroxyl groups is 2. The Morgan fingerprint density at radius 2 is 1.14 bits per heavy atom. The van der Waals surface area contributed by atoms with Gasteiger partial charge in [0.1, 0.15) is 41.8 Å². The third kappa shape index (κ3) is 2.69. The molecule has 2 aromatic carbocycles. The number of fused-ring (bicyclic) bond motifs is 1. The van der Waals surface area contributed by atoms with Crippen LogP contribution >= 0.6 is 23.2 Å². The van der Waals surface area contributed by atoms with Crippen LogP contribution in [0.3, 0.4) is 0 Å². The van der Waals surface area contributed by atoms with E-state index in [1.54, 1.807) is 0 Å². The number of phenolic OH excluding ortho intramolecular Hbond substituents is 2. The van der Waals surface area contributed by atoms with Crippen LogP contribution in [0, 0.1) is 0 Å². The summed E-state index contributed by atoms with van der Waals surface area (Å²) in [5, 5.41) is 17.0. The Bertz CT molecular complexity index is 933. The molecule has 0 amide bonds.